The largest absolute Gasteiger partial charge is 0.326 e. The lowest BCUT2D eigenvalue weighted by molar-refractivity contribution is -0.119. The first-order valence-electron chi connectivity index (χ1n) is 9.18. The average molecular weight is 399 g/mol. The van der Waals surface area contributed by atoms with E-state index in [1.165, 1.54) is 19.1 Å². The Morgan fingerprint density at radius 1 is 1.04 bits per heavy atom. The van der Waals surface area contributed by atoms with Gasteiger partial charge < -0.3 is 10.2 Å². The summed E-state index contributed by atoms with van der Waals surface area (Å²) in [5, 5.41) is 2.60. The predicted octanol–water partition coefficient (Wildman–Crippen LogP) is 2.74. The second-order valence-corrected chi connectivity index (χ2v) is 8.85. The monoisotopic (exact) mass is 399 g/mol. The molecular weight excluding hydrogens is 378 g/mol. The Kier molecular flexibility index (Phi) is 4.58. The summed E-state index contributed by atoms with van der Waals surface area (Å²) in [4.78, 5) is 25.3. The van der Waals surface area contributed by atoms with Crippen molar-refractivity contribution in [2.24, 2.45) is 5.92 Å². The van der Waals surface area contributed by atoms with Gasteiger partial charge in [0.2, 0.25) is 11.8 Å². The van der Waals surface area contributed by atoms with E-state index < -0.39 is 10.0 Å². The molecule has 2 aliphatic rings. The number of nitrogens with one attached hydrogen (secondary N) is 2. The number of sulfonamides is 1. The van der Waals surface area contributed by atoms with Crippen LogP contribution in [0.4, 0.5) is 17.1 Å². The van der Waals surface area contributed by atoms with Gasteiger partial charge in [-0.1, -0.05) is 0 Å². The Labute approximate surface area is 163 Å². The molecule has 1 aliphatic heterocycles. The first kappa shape index (κ1) is 18.5. The number of carbonyl (C=O) groups is 2. The van der Waals surface area contributed by atoms with Crippen LogP contribution in [0.3, 0.4) is 0 Å². The van der Waals surface area contributed by atoms with Gasteiger partial charge in [-0.2, -0.15) is 0 Å². The number of amides is 2. The standard InChI is InChI=1S/C20H21N3O4S/c1-13(24)21-16-4-7-18(8-5-16)28(26,27)22-17-6-9-19-15(12-17)10-11-23(19)20(25)14-2-3-14/h4-9,12,14,22H,2-3,10-11H2,1H3,(H,21,24). The van der Waals surface area contributed by atoms with Crippen LogP contribution in [0.15, 0.2) is 47.4 Å². The molecule has 0 radical (unpaired) electrons. The van der Waals surface area contributed by atoms with Crippen LogP contribution in [-0.4, -0.2) is 26.8 Å². The van der Waals surface area contributed by atoms with Crippen LogP contribution in [0, 0.1) is 5.92 Å². The average Bonchev–Trinajstić information content (AvgIpc) is 3.41. The lowest BCUT2D eigenvalue weighted by Gasteiger charge is -2.17. The SMILES string of the molecule is CC(=O)Nc1ccc(S(=O)(=O)Nc2ccc3c(c2)CCN3C(=O)C2CC2)cc1. The molecular formula is C20H21N3O4S. The molecule has 0 spiro atoms. The van der Waals surface area contributed by atoms with Gasteiger partial charge in [-0.3, -0.25) is 14.3 Å². The van der Waals surface area contributed by atoms with E-state index in [2.05, 4.69) is 10.0 Å². The van der Waals surface area contributed by atoms with E-state index in [0.717, 1.165) is 30.5 Å². The van der Waals surface area contributed by atoms with Crippen LogP contribution >= 0.6 is 0 Å². The zero-order valence-electron chi connectivity index (χ0n) is 15.4. The lowest BCUT2D eigenvalue weighted by Crippen LogP contribution is -2.30. The third-order valence-electron chi connectivity index (χ3n) is 4.90. The number of anilines is 3. The highest BCUT2D eigenvalue weighted by Gasteiger charge is 2.36. The van der Waals surface area contributed by atoms with Crippen LogP contribution in [0.25, 0.3) is 0 Å². The molecule has 2 amide bonds. The summed E-state index contributed by atoms with van der Waals surface area (Å²) >= 11 is 0. The normalized spacial score (nSPS) is 15.8. The fourth-order valence-electron chi connectivity index (χ4n) is 3.38. The smallest absolute Gasteiger partial charge is 0.261 e. The minimum Gasteiger partial charge on any atom is -0.326 e. The van der Waals surface area contributed by atoms with Gasteiger partial charge in [0.15, 0.2) is 0 Å². The molecule has 2 N–H and O–H groups in total. The van der Waals surface area contributed by atoms with Gasteiger partial charge in [-0.25, -0.2) is 8.42 Å². The maximum Gasteiger partial charge on any atom is 0.261 e. The van der Waals surface area contributed by atoms with Crippen LogP contribution in [-0.2, 0) is 26.0 Å². The second-order valence-electron chi connectivity index (χ2n) is 7.17. The molecule has 0 bridgehead atoms. The maximum absolute atomic E-state index is 12.6. The van der Waals surface area contributed by atoms with Gasteiger partial charge in [-0.05, 0) is 67.3 Å². The number of fused-ring (bicyclic) bond motifs is 1. The van der Waals surface area contributed by atoms with Crippen molar-refractivity contribution in [3.05, 3.63) is 48.0 Å². The molecule has 2 aromatic rings. The van der Waals surface area contributed by atoms with Gasteiger partial charge in [0.1, 0.15) is 0 Å². The zero-order chi connectivity index (χ0) is 19.9. The van der Waals surface area contributed by atoms with Crippen LogP contribution in [0.5, 0.6) is 0 Å². The van der Waals surface area contributed by atoms with Gasteiger partial charge >= 0.3 is 0 Å². The number of nitrogens with zero attached hydrogens (tertiary/aromatic N) is 1. The van der Waals surface area contributed by atoms with E-state index >= 15 is 0 Å². The number of carbonyl (C=O) groups excluding carboxylic acids is 2. The Balaban J connectivity index is 1.51. The van der Waals surface area contributed by atoms with E-state index in [-0.39, 0.29) is 22.6 Å². The highest BCUT2D eigenvalue weighted by atomic mass is 32.2. The predicted molar refractivity (Wildman–Crippen MR) is 107 cm³/mol. The molecule has 146 valence electrons. The molecule has 4 rings (SSSR count). The first-order chi connectivity index (χ1) is 13.3. The molecule has 8 heteroatoms. The van der Waals surface area contributed by atoms with Crippen molar-refractivity contribution < 1.29 is 18.0 Å². The van der Waals surface area contributed by atoms with Gasteiger partial charge in [-0.15, -0.1) is 0 Å². The Morgan fingerprint density at radius 2 is 1.71 bits per heavy atom. The summed E-state index contributed by atoms with van der Waals surface area (Å²) in [6, 6.07) is 11.2. The molecule has 1 fully saturated rings. The molecule has 0 atom stereocenters. The number of hydrogen-bond donors (Lipinski definition) is 2. The Morgan fingerprint density at radius 3 is 2.36 bits per heavy atom. The fourth-order valence-corrected chi connectivity index (χ4v) is 4.43. The highest BCUT2D eigenvalue weighted by Crippen LogP contribution is 2.37. The molecule has 28 heavy (non-hydrogen) atoms. The van der Waals surface area contributed by atoms with Crippen LogP contribution < -0.4 is 14.9 Å². The first-order valence-corrected chi connectivity index (χ1v) is 10.7. The topological polar surface area (TPSA) is 95.6 Å². The summed E-state index contributed by atoms with van der Waals surface area (Å²) in [5.74, 6) is 0.108. The summed E-state index contributed by atoms with van der Waals surface area (Å²) in [7, 11) is -3.75. The number of hydrogen-bond acceptors (Lipinski definition) is 4. The Hall–Kier alpha value is -2.87. The van der Waals surface area contributed by atoms with Crippen molar-refractivity contribution in [3.63, 3.8) is 0 Å². The number of rotatable bonds is 5. The quantitative estimate of drug-likeness (QED) is 0.808. The minimum absolute atomic E-state index is 0.104. The molecule has 1 aliphatic carbocycles. The van der Waals surface area contributed by atoms with Crippen LogP contribution in [0.1, 0.15) is 25.3 Å². The Bertz CT molecular complexity index is 1040. The number of benzene rings is 2. The third-order valence-corrected chi connectivity index (χ3v) is 6.30. The molecule has 2 aromatic carbocycles. The second kappa shape index (κ2) is 6.94. The van der Waals surface area contributed by atoms with Crippen molar-refractivity contribution >= 4 is 38.9 Å². The summed E-state index contributed by atoms with van der Waals surface area (Å²) in [6.45, 7) is 2.03. The zero-order valence-corrected chi connectivity index (χ0v) is 16.3. The third kappa shape index (κ3) is 3.73. The van der Waals surface area contributed by atoms with Crippen molar-refractivity contribution in [1.29, 1.82) is 0 Å². The van der Waals surface area contributed by atoms with E-state index in [1.807, 2.05) is 4.90 Å². The van der Waals surface area contributed by atoms with Crippen LogP contribution in [0.2, 0.25) is 0 Å². The fraction of sp³-hybridized carbons (Fsp3) is 0.300. The van der Waals surface area contributed by atoms with Crippen molar-refractivity contribution in [3.8, 4) is 0 Å². The van der Waals surface area contributed by atoms with Crippen molar-refractivity contribution in [2.45, 2.75) is 31.1 Å². The van der Waals surface area contributed by atoms with E-state index in [1.54, 1.807) is 30.3 Å². The molecule has 1 heterocycles. The summed E-state index contributed by atoms with van der Waals surface area (Å²) in [6.07, 6.45) is 2.64. The van der Waals surface area contributed by atoms with Crippen molar-refractivity contribution in [1.82, 2.24) is 0 Å². The van der Waals surface area contributed by atoms with Gasteiger partial charge in [0.25, 0.3) is 10.0 Å². The summed E-state index contributed by atoms with van der Waals surface area (Å²) < 4.78 is 27.9. The van der Waals surface area contributed by atoms with E-state index in [9.17, 15) is 18.0 Å². The molecule has 0 saturated heterocycles. The van der Waals surface area contributed by atoms with E-state index in [4.69, 9.17) is 0 Å². The van der Waals surface area contributed by atoms with Crippen molar-refractivity contribution in [2.75, 3.05) is 21.5 Å². The summed E-state index contributed by atoms with van der Waals surface area (Å²) in [5.41, 5.74) is 2.84. The maximum atomic E-state index is 12.6. The molecule has 1 saturated carbocycles. The molecule has 0 aromatic heterocycles. The van der Waals surface area contributed by atoms with E-state index in [0.29, 0.717) is 17.9 Å². The minimum atomic E-state index is -3.75. The lowest BCUT2D eigenvalue weighted by atomic mass is 10.1. The molecule has 0 unspecified atom stereocenters. The highest BCUT2D eigenvalue weighted by molar-refractivity contribution is 7.92. The molecule has 7 nitrogen and oxygen atoms in total. The van der Waals surface area contributed by atoms with Gasteiger partial charge in [0, 0.05) is 36.4 Å². The van der Waals surface area contributed by atoms with Gasteiger partial charge in [0.05, 0.1) is 4.90 Å².